The molecule has 1 heterocycles. The zero-order chi connectivity index (χ0) is 16.9. The molecule has 1 aromatic carbocycles. The molecule has 1 aromatic heterocycles. The summed E-state index contributed by atoms with van der Waals surface area (Å²) in [5.41, 5.74) is 1.26. The number of benzene rings is 1. The number of nitrogens with one attached hydrogen (secondary N) is 1. The van der Waals surface area contributed by atoms with E-state index in [2.05, 4.69) is 45.3 Å². The normalized spacial score (nSPS) is 12.8. The van der Waals surface area contributed by atoms with Crippen molar-refractivity contribution in [3.05, 3.63) is 52.6 Å². The molecule has 0 saturated heterocycles. The predicted molar refractivity (Wildman–Crippen MR) is 97.5 cm³/mol. The van der Waals surface area contributed by atoms with E-state index >= 15 is 0 Å². The summed E-state index contributed by atoms with van der Waals surface area (Å²) in [5.74, 6) is 0.835. The summed E-state index contributed by atoms with van der Waals surface area (Å²) in [4.78, 5) is 4.42. The van der Waals surface area contributed by atoms with Gasteiger partial charge in [0.1, 0.15) is 10.7 Å². The van der Waals surface area contributed by atoms with Crippen molar-refractivity contribution >= 4 is 31.6 Å². The smallest absolute Gasteiger partial charge is 0.179 e. The Bertz CT molecular complexity index is 763. The Morgan fingerprint density at radius 1 is 1.26 bits per heavy atom. The lowest BCUT2D eigenvalue weighted by Gasteiger charge is -2.17. The summed E-state index contributed by atoms with van der Waals surface area (Å²) < 4.78 is 24.7. The van der Waals surface area contributed by atoms with Gasteiger partial charge in [-0.2, -0.15) is 0 Å². The summed E-state index contributed by atoms with van der Waals surface area (Å²) in [5, 5.41) is 3.20. The largest absolute Gasteiger partial charge is 0.369 e. The SMILES string of the molecule is CCC(CNc1ncccc1S(C)(=O)=O)Cc1cccc(Br)c1. The zero-order valence-corrected chi connectivity index (χ0v) is 15.7. The minimum absolute atomic E-state index is 0.248. The number of nitrogens with zero attached hydrogens (tertiary/aromatic N) is 1. The van der Waals surface area contributed by atoms with Gasteiger partial charge in [0.25, 0.3) is 0 Å². The molecule has 0 bridgehead atoms. The Morgan fingerprint density at radius 3 is 2.70 bits per heavy atom. The second-order valence-electron chi connectivity index (χ2n) is 5.61. The Balaban J connectivity index is 2.07. The molecule has 0 aliphatic heterocycles. The molecule has 0 amide bonds. The summed E-state index contributed by atoms with van der Waals surface area (Å²) >= 11 is 3.49. The van der Waals surface area contributed by atoms with E-state index in [4.69, 9.17) is 0 Å². The van der Waals surface area contributed by atoms with Crippen molar-refractivity contribution in [1.82, 2.24) is 4.98 Å². The van der Waals surface area contributed by atoms with Crippen molar-refractivity contribution in [2.24, 2.45) is 5.92 Å². The first-order valence-electron chi connectivity index (χ1n) is 7.53. The number of hydrogen-bond acceptors (Lipinski definition) is 4. The highest BCUT2D eigenvalue weighted by atomic mass is 79.9. The molecule has 23 heavy (non-hydrogen) atoms. The molecule has 6 heteroatoms. The number of hydrogen-bond donors (Lipinski definition) is 1. The van der Waals surface area contributed by atoms with Crippen molar-refractivity contribution in [2.75, 3.05) is 18.1 Å². The van der Waals surface area contributed by atoms with Gasteiger partial charge in [-0.05, 0) is 42.2 Å². The Morgan fingerprint density at radius 2 is 2.04 bits per heavy atom. The maximum absolute atomic E-state index is 11.8. The molecule has 0 fully saturated rings. The molecule has 0 aliphatic rings. The van der Waals surface area contributed by atoms with E-state index in [1.165, 1.54) is 11.8 Å². The minimum Gasteiger partial charge on any atom is -0.369 e. The number of halogens is 1. The lowest BCUT2D eigenvalue weighted by molar-refractivity contribution is 0.532. The van der Waals surface area contributed by atoms with Gasteiger partial charge in [-0.3, -0.25) is 0 Å². The molecular weight excluding hydrogens is 376 g/mol. The first kappa shape index (κ1) is 17.9. The van der Waals surface area contributed by atoms with E-state index in [-0.39, 0.29) is 4.90 Å². The minimum atomic E-state index is -3.28. The lowest BCUT2D eigenvalue weighted by Crippen LogP contribution is -2.18. The van der Waals surface area contributed by atoms with Crippen LogP contribution in [0.4, 0.5) is 5.82 Å². The van der Waals surface area contributed by atoms with Crippen LogP contribution in [-0.2, 0) is 16.3 Å². The van der Waals surface area contributed by atoms with E-state index in [9.17, 15) is 8.42 Å². The summed E-state index contributed by atoms with van der Waals surface area (Å²) in [6.07, 6.45) is 4.74. The third-order valence-electron chi connectivity index (χ3n) is 3.72. The van der Waals surface area contributed by atoms with Crippen LogP contribution in [0.15, 0.2) is 52.0 Å². The highest BCUT2D eigenvalue weighted by Crippen LogP contribution is 2.20. The molecule has 0 spiro atoms. The van der Waals surface area contributed by atoms with Crippen molar-refractivity contribution in [3.63, 3.8) is 0 Å². The third-order valence-corrected chi connectivity index (χ3v) is 5.34. The van der Waals surface area contributed by atoms with Crippen LogP contribution in [0, 0.1) is 5.92 Å². The number of sulfone groups is 1. The van der Waals surface area contributed by atoms with Crippen LogP contribution in [-0.4, -0.2) is 26.2 Å². The fourth-order valence-electron chi connectivity index (χ4n) is 2.42. The monoisotopic (exact) mass is 396 g/mol. The van der Waals surface area contributed by atoms with Crippen molar-refractivity contribution in [1.29, 1.82) is 0 Å². The number of pyridine rings is 1. The Kier molecular flexibility index (Phi) is 6.18. The fraction of sp³-hybridized carbons (Fsp3) is 0.353. The second kappa shape index (κ2) is 7.93. The van der Waals surface area contributed by atoms with Crippen molar-refractivity contribution in [3.8, 4) is 0 Å². The van der Waals surface area contributed by atoms with Crippen molar-refractivity contribution in [2.45, 2.75) is 24.7 Å². The van der Waals surface area contributed by atoms with Crippen LogP contribution in [0.1, 0.15) is 18.9 Å². The lowest BCUT2D eigenvalue weighted by atomic mass is 9.97. The standard InChI is InChI=1S/C17H21BrN2O2S/c1-3-13(10-14-6-4-7-15(18)11-14)12-20-17-16(23(2,21)22)8-5-9-19-17/h4-9,11,13H,3,10,12H2,1-2H3,(H,19,20). The molecule has 4 nitrogen and oxygen atoms in total. The van der Waals surface area contributed by atoms with Gasteiger partial charge in [0.15, 0.2) is 9.84 Å². The first-order valence-corrected chi connectivity index (χ1v) is 10.2. The van der Waals surface area contributed by atoms with Crippen LogP contribution >= 0.6 is 15.9 Å². The fourth-order valence-corrected chi connectivity index (χ4v) is 3.67. The molecule has 0 aliphatic carbocycles. The van der Waals surface area contributed by atoms with Gasteiger partial charge in [0.2, 0.25) is 0 Å². The quantitative estimate of drug-likeness (QED) is 0.769. The number of rotatable bonds is 7. The first-order chi connectivity index (χ1) is 10.9. The van der Waals surface area contributed by atoms with E-state index in [0.29, 0.717) is 18.3 Å². The average molecular weight is 397 g/mol. The summed E-state index contributed by atoms with van der Waals surface area (Å²) in [7, 11) is -3.28. The zero-order valence-electron chi connectivity index (χ0n) is 13.3. The molecule has 2 rings (SSSR count). The van der Waals surface area contributed by atoms with Crippen LogP contribution < -0.4 is 5.32 Å². The van der Waals surface area contributed by atoms with Gasteiger partial charge in [-0.15, -0.1) is 0 Å². The van der Waals surface area contributed by atoms with Gasteiger partial charge in [0.05, 0.1) is 0 Å². The van der Waals surface area contributed by atoms with Gasteiger partial charge >= 0.3 is 0 Å². The molecule has 1 unspecified atom stereocenters. The van der Waals surface area contributed by atoms with Gasteiger partial charge in [-0.1, -0.05) is 41.4 Å². The molecular formula is C17H21BrN2O2S. The Hall–Kier alpha value is -1.40. The van der Waals surface area contributed by atoms with Gasteiger partial charge < -0.3 is 5.32 Å². The second-order valence-corrected chi connectivity index (χ2v) is 8.51. The van der Waals surface area contributed by atoms with Gasteiger partial charge in [0, 0.05) is 23.5 Å². The highest BCUT2D eigenvalue weighted by Gasteiger charge is 2.15. The molecule has 0 radical (unpaired) electrons. The number of anilines is 1. The van der Waals surface area contributed by atoms with Gasteiger partial charge in [-0.25, -0.2) is 13.4 Å². The predicted octanol–water partition coefficient (Wildman–Crippen LogP) is 3.93. The van der Waals surface area contributed by atoms with Crippen LogP contribution in [0.3, 0.4) is 0 Å². The summed E-state index contributed by atoms with van der Waals surface area (Å²) in [6.45, 7) is 2.82. The summed E-state index contributed by atoms with van der Waals surface area (Å²) in [6, 6.07) is 11.5. The Labute approximate surface area is 146 Å². The average Bonchev–Trinajstić information content (AvgIpc) is 2.51. The maximum Gasteiger partial charge on any atom is 0.179 e. The molecule has 1 atom stereocenters. The highest BCUT2D eigenvalue weighted by molar-refractivity contribution is 9.10. The topological polar surface area (TPSA) is 59.1 Å². The van der Waals surface area contributed by atoms with Crippen LogP contribution in [0.5, 0.6) is 0 Å². The van der Waals surface area contributed by atoms with E-state index in [0.717, 1.165) is 17.3 Å². The van der Waals surface area contributed by atoms with Crippen LogP contribution in [0.25, 0.3) is 0 Å². The molecule has 1 N–H and O–H groups in total. The van der Waals surface area contributed by atoms with Crippen LogP contribution in [0.2, 0.25) is 0 Å². The van der Waals surface area contributed by atoms with Crippen molar-refractivity contribution < 1.29 is 8.42 Å². The van der Waals surface area contributed by atoms with E-state index in [1.807, 2.05) is 12.1 Å². The third kappa shape index (κ3) is 5.32. The number of aromatic nitrogens is 1. The molecule has 2 aromatic rings. The maximum atomic E-state index is 11.8. The van der Waals surface area contributed by atoms with E-state index < -0.39 is 9.84 Å². The molecule has 0 saturated carbocycles. The molecule has 124 valence electrons. The van der Waals surface area contributed by atoms with E-state index in [1.54, 1.807) is 18.3 Å².